The van der Waals surface area contributed by atoms with Crippen LogP contribution in [0.15, 0.2) is 24.3 Å². The zero-order chi connectivity index (χ0) is 11.3. The number of carbonyl (C=O) groups excluding carboxylic acids is 1. The predicted molar refractivity (Wildman–Crippen MR) is 59.5 cm³/mol. The summed E-state index contributed by atoms with van der Waals surface area (Å²) in [5.41, 5.74) is 1.62. The van der Waals surface area contributed by atoms with E-state index in [1.807, 2.05) is 32.0 Å². The van der Waals surface area contributed by atoms with Gasteiger partial charge in [-0.05, 0) is 18.9 Å². The molecule has 0 aliphatic rings. The van der Waals surface area contributed by atoms with E-state index in [1.165, 1.54) is 0 Å². The van der Waals surface area contributed by atoms with Crippen molar-refractivity contribution in [1.29, 1.82) is 5.26 Å². The molecule has 0 saturated heterocycles. The summed E-state index contributed by atoms with van der Waals surface area (Å²) < 4.78 is 0. The molecule has 1 unspecified atom stereocenters. The van der Waals surface area contributed by atoms with Crippen LogP contribution in [0.2, 0.25) is 0 Å². The standard InChI is InChI=1S/C13H15NO/c1-3-6-11(9-14)13(15)12-8-5-4-7-10(12)2/h4-5,7-8,11H,3,6H2,1-2H3. The summed E-state index contributed by atoms with van der Waals surface area (Å²) in [5, 5.41) is 8.91. The molecule has 0 aromatic heterocycles. The van der Waals surface area contributed by atoms with E-state index in [2.05, 4.69) is 6.07 Å². The van der Waals surface area contributed by atoms with Gasteiger partial charge in [0.2, 0.25) is 0 Å². The maximum Gasteiger partial charge on any atom is 0.180 e. The van der Waals surface area contributed by atoms with Crippen LogP contribution in [0.1, 0.15) is 35.7 Å². The number of nitrogens with zero attached hydrogens (tertiary/aromatic N) is 1. The fraction of sp³-hybridized carbons (Fsp3) is 0.385. The normalized spacial score (nSPS) is 11.8. The molecule has 0 spiro atoms. The van der Waals surface area contributed by atoms with Gasteiger partial charge >= 0.3 is 0 Å². The number of aryl methyl sites for hydroxylation is 1. The molecular formula is C13H15NO. The predicted octanol–water partition coefficient (Wildman–Crippen LogP) is 3.12. The molecule has 0 aliphatic carbocycles. The minimum absolute atomic E-state index is 0.0440. The zero-order valence-corrected chi connectivity index (χ0v) is 9.16. The van der Waals surface area contributed by atoms with Crippen LogP contribution in [0.3, 0.4) is 0 Å². The summed E-state index contributed by atoms with van der Waals surface area (Å²) in [7, 11) is 0. The van der Waals surface area contributed by atoms with Gasteiger partial charge in [-0.3, -0.25) is 4.79 Å². The van der Waals surface area contributed by atoms with Crippen LogP contribution in [0.4, 0.5) is 0 Å². The molecular weight excluding hydrogens is 186 g/mol. The second kappa shape index (κ2) is 5.31. The lowest BCUT2D eigenvalue weighted by Gasteiger charge is -2.08. The van der Waals surface area contributed by atoms with E-state index in [-0.39, 0.29) is 5.78 Å². The molecule has 78 valence electrons. The van der Waals surface area contributed by atoms with Gasteiger partial charge in [-0.2, -0.15) is 5.26 Å². The Hall–Kier alpha value is -1.62. The molecule has 0 amide bonds. The summed E-state index contributed by atoms with van der Waals surface area (Å²) >= 11 is 0. The van der Waals surface area contributed by atoms with Crippen LogP contribution in [-0.4, -0.2) is 5.78 Å². The Morgan fingerprint density at radius 3 is 2.67 bits per heavy atom. The highest BCUT2D eigenvalue weighted by Gasteiger charge is 2.19. The molecule has 1 aromatic rings. The number of benzene rings is 1. The number of Topliss-reactive ketones (excluding diaryl/α,β-unsaturated/α-hetero) is 1. The minimum atomic E-state index is -0.490. The largest absolute Gasteiger partial charge is 0.293 e. The Kier molecular flexibility index (Phi) is 4.05. The van der Waals surface area contributed by atoms with Crippen molar-refractivity contribution in [2.24, 2.45) is 5.92 Å². The fourth-order valence-corrected chi connectivity index (χ4v) is 1.58. The zero-order valence-electron chi connectivity index (χ0n) is 9.16. The average molecular weight is 201 g/mol. The molecule has 1 atom stereocenters. The van der Waals surface area contributed by atoms with E-state index in [4.69, 9.17) is 5.26 Å². The van der Waals surface area contributed by atoms with Gasteiger partial charge in [0, 0.05) is 5.56 Å². The van der Waals surface area contributed by atoms with Gasteiger partial charge in [-0.1, -0.05) is 37.6 Å². The average Bonchev–Trinajstić information content (AvgIpc) is 2.25. The Labute approximate surface area is 90.5 Å². The first-order chi connectivity index (χ1) is 7.20. The maximum absolute atomic E-state index is 12.0. The Balaban J connectivity index is 2.94. The Morgan fingerprint density at radius 1 is 1.47 bits per heavy atom. The molecule has 2 heteroatoms. The first-order valence-corrected chi connectivity index (χ1v) is 5.20. The fourth-order valence-electron chi connectivity index (χ4n) is 1.58. The van der Waals surface area contributed by atoms with E-state index < -0.39 is 5.92 Å². The van der Waals surface area contributed by atoms with Gasteiger partial charge in [-0.25, -0.2) is 0 Å². The first kappa shape index (κ1) is 11.5. The van der Waals surface area contributed by atoms with Gasteiger partial charge < -0.3 is 0 Å². The number of hydrogen-bond donors (Lipinski definition) is 0. The van der Waals surface area contributed by atoms with Crippen molar-refractivity contribution in [1.82, 2.24) is 0 Å². The van der Waals surface area contributed by atoms with E-state index in [9.17, 15) is 4.79 Å². The van der Waals surface area contributed by atoms with E-state index >= 15 is 0 Å². The molecule has 0 fully saturated rings. The van der Waals surface area contributed by atoms with Crippen molar-refractivity contribution in [3.05, 3.63) is 35.4 Å². The van der Waals surface area contributed by atoms with Gasteiger partial charge in [0.1, 0.15) is 5.92 Å². The van der Waals surface area contributed by atoms with Crippen molar-refractivity contribution in [3.8, 4) is 6.07 Å². The monoisotopic (exact) mass is 201 g/mol. The van der Waals surface area contributed by atoms with Crippen LogP contribution in [0, 0.1) is 24.2 Å². The maximum atomic E-state index is 12.0. The Morgan fingerprint density at radius 2 is 2.13 bits per heavy atom. The number of hydrogen-bond acceptors (Lipinski definition) is 2. The van der Waals surface area contributed by atoms with Crippen LogP contribution in [0.25, 0.3) is 0 Å². The third kappa shape index (κ3) is 2.66. The third-order valence-corrected chi connectivity index (χ3v) is 2.46. The third-order valence-electron chi connectivity index (χ3n) is 2.46. The smallest absolute Gasteiger partial charge is 0.180 e. The highest BCUT2D eigenvalue weighted by molar-refractivity contribution is 6.00. The molecule has 0 heterocycles. The van der Waals surface area contributed by atoms with Crippen LogP contribution < -0.4 is 0 Å². The molecule has 1 rings (SSSR count). The highest BCUT2D eigenvalue weighted by atomic mass is 16.1. The molecule has 0 bridgehead atoms. The summed E-state index contributed by atoms with van der Waals surface area (Å²) in [6, 6.07) is 9.49. The van der Waals surface area contributed by atoms with Crippen molar-refractivity contribution < 1.29 is 4.79 Å². The van der Waals surface area contributed by atoms with Gasteiger partial charge in [0.15, 0.2) is 5.78 Å². The molecule has 0 saturated carbocycles. The second-order valence-corrected chi connectivity index (χ2v) is 3.65. The van der Waals surface area contributed by atoms with Crippen molar-refractivity contribution in [2.75, 3.05) is 0 Å². The summed E-state index contributed by atoms with van der Waals surface area (Å²) in [4.78, 5) is 12.0. The molecule has 0 N–H and O–H groups in total. The lowest BCUT2D eigenvalue weighted by atomic mass is 9.92. The Bertz CT molecular complexity index is 390. The van der Waals surface area contributed by atoms with E-state index in [0.717, 1.165) is 12.0 Å². The minimum Gasteiger partial charge on any atom is -0.293 e. The summed E-state index contributed by atoms with van der Waals surface area (Å²) in [6.07, 6.45) is 1.50. The van der Waals surface area contributed by atoms with Crippen LogP contribution >= 0.6 is 0 Å². The SMILES string of the molecule is CCCC(C#N)C(=O)c1ccccc1C. The summed E-state index contributed by atoms with van der Waals surface area (Å²) in [5.74, 6) is -0.534. The molecule has 0 radical (unpaired) electrons. The van der Waals surface area contributed by atoms with E-state index in [0.29, 0.717) is 12.0 Å². The number of carbonyl (C=O) groups is 1. The van der Waals surface area contributed by atoms with Gasteiger partial charge in [0.25, 0.3) is 0 Å². The van der Waals surface area contributed by atoms with Crippen molar-refractivity contribution >= 4 is 5.78 Å². The highest BCUT2D eigenvalue weighted by Crippen LogP contribution is 2.16. The van der Waals surface area contributed by atoms with Crippen molar-refractivity contribution in [2.45, 2.75) is 26.7 Å². The van der Waals surface area contributed by atoms with Crippen LogP contribution in [0.5, 0.6) is 0 Å². The number of nitriles is 1. The topological polar surface area (TPSA) is 40.9 Å². The first-order valence-electron chi connectivity index (χ1n) is 5.20. The molecule has 0 aliphatic heterocycles. The molecule has 1 aromatic carbocycles. The summed E-state index contributed by atoms with van der Waals surface area (Å²) in [6.45, 7) is 3.88. The molecule has 15 heavy (non-hydrogen) atoms. The lowest BCUT2D eigenvalue weighted by molar-refractivity contribution is 0.0943. The second-order valence-electron chi connectivity index (χ2n) is 3.65. The molecule has 2 nitrogen and oxygen atoms in total. The number of rotatable bonds is 4. The van der Waals surface area contributed by atoms with Crippen molar-refractivity contribution in [3.63, 3.8) is 0 Å². The van der Waals surface area contributed by atoms with E-state index in [1.54, 1.807) is 6.07 Å². The quantitative estimate of drug-likeness (QED) is 0.702. The number of ketones is 1. The lowest BCUT2D eigenvalue weighted by Crippen LogP contribution is -2.13. The van der Waals surface area contributed by atoms with Crippen LogP contribution in [-0.2, 0) is 0 Å². The van der Waals surface area contributed by atoms with Gasteiger partial charge in [0.05, 0.1) is 6.07 Å². The van der Waals surface area contributed by atoms with Gasteiger partial charge in [-0.15, -0.1) is 0 Å².